The van der Waals surface area contributed by atoms with E-state index in [9.17, 15) is 0 Å². The van der Waals surface area contributed by atoms with Gasteiger partial charge in [0.05, 0.1) is 0 Å². The van der Waals surface area contributed by atoms with Crippen molar-refractivity contribution >= 4 is 17.8 Å². The number of hydrogen-bond acceptors (Lipinski definition) is 2. The fourth-order valence-electron chi connectivity index (χ4n) is 3.00. The molecule has 0 bridgehead atoms. The summed E-state index contributed by atoms with van der Waals surface area (Å²) in [6, 6.07) is 10.1. The van der Waals surface area contributed by atoms with Crippen LogP contribution >= 0.6 is 0 Å². The van der Waals surface area contributed by atoms with Crippen molar-refractivity contribution in [3.05, 3.63) is 35.4 Å². The van der Waals surface area contributed by atoms with Crippen molar-refractivity contribution in [1.29, 1.82) is 0 Å². The molecule has 1 heterocycles. The maximum Gasteiger partial charge on any atom is 0.177 e. The molecule has 0 radical (unpaired) electrons. The molecule has 0 aliphatic carbocycles. The molecule has 4 heteroatoms. The van der Waals surface area contributed by atoms with Gasteiger partial charge in [-0.05, 0) is 50.8 Å². The third-order valence-corrected chi connectivity index (χ3v) is 9.03. The van der Waals surface area contributed by atoms with Crippen LogP contribution in [0.4, 0.5) is 0 Å². The average molecular weight is 323 g/mol. The van der Waals surface area contributed by atoms with E-state index in [4.69, 9.17) is 9.16 Å². The molecule has 0 spiro atoms. The van der Waals surface area contributed by atoms with Gasteiger partial charge in [-0.3, -0.25) is 0 Å². The van der Waals surface area contributed by atoms with E-state index >= 15 is 0 Å². The first kappa shape index (κ1) is 16.9. The normalized spacial score (nSPS) is 24.2. The summed E-state index contributed by atoms with van der Waals surface area (Å²) < 4.78 is 12.7. The molecule has 1 aliphatic rings. The van der Waals surface area contributed by atoms with Gasteiger partial charge in [-0.25, -0.2) is 0 Å². The lowest BCUT2D eigenvalue weighted by molar-refractivity contribution is -0.151. The van der Waals surface area contributed by atoms with Crippen LogP contribution in [-0.2, 0) is 15.6 Å². The van der Waals surface area contributed by atoms with Crippen LogP contribution in [0.5, 0.6) is 0 Å². The van der Waals surface area contributed by atoms with Crippen LogP contribution in [0.3, 0.4) is 0 Å². The summed E-state index contributed by atoms with van der Waals surface area (Å²) in [6.07, 6.45) is 4.73. The third-order valence-electron chi connectivity index (χ3n) is 4.51. The molecular formula is C17H30O2Si2. The zero-order valence-electron chi connectivity index (χ0n) is 14.0. The van der Waals surface area contributed by atoms with Crippen molar-refractivity contribution < 1.29 is 9.16 Å². The summed E-state index contributed by atoms with van der Waals surface area (Å²) in [7, 11) is -2.13. The maximum absolute atomic E-state index is 6.56. The lowest BCUT2D eigenvalue weighted by Crippen LogP contribution is -2.52. The van der Waals surface area contributed by atoms with Crippen molar-refractivity contribution in [2.45, 2.75) is 63.7 Å². The van der Waals surface area contributed by atoms with Crippen LogP contribution in [0.15, 0.2) is 24.3 Å². The largest absolute Gasteiger partial charge is 0.397 e. The third kappa shape index (κ3) is 4.78. The SMILES string of the molecule is Cc1ccc(CC[SiH](C)OC2([SiH](C)C)CCCCO2)cc1. The Bertz CT molecular complexity index is 425. The van der Waals surface area contributed by atoms with E-state index in [0.717, 1.165) is 19.4 Å². The summed E-state index contributed by atoms with van der Waals surface area (Å²) in [4.78, 5) is 0. The van der Waals surface area contributed by atoms with Crippen LogP contribution in [-0.4, -0.2) is 29.9 Å². The molecule has 2 atom stereocenters. The van der Waals surface area contributed by atoms with Crippen molar-refractivity contribution in [3.8, 4) is 0 Å². The van der Waals surface area contributed by atoms with Crippen LogP contribution in [0.2, 0.25) is 25.7 Å². The standard InChI is InChI=1S/C17H30O2Si2/c1-15-7-9-16(10-8-15)11-14-21(4)19-17(20(2)3)12-5-6-13-18-17/h7-10,20-21H,5-6,11-14H2,1-4H3. The van der Waals surface area contributed by atoms with Gasteiger partial charge in [0, 0.05) is 6.61 Å². The van der Waals surface area contributed by atoms with Crippen LogP contribution in [0.25, 0.3) is 0 Å². The Morgan fingerprint density at radius 1 is 1.14 bits per heavy atom. The second-order valence-electron chi connectivity index (χ2n) is 6.72. The molecule has 1 fully saturated rings. The molecule has 2 unspecified atom stereocenters. The van der Waals surface area contributed by atoms with Crippen LogP contribution in [0.1, 0.15) is 30.4 Å². The van der Waals surface area contributed by atoms with Crippen LogP contribution < -0.4 is 0 Å². The summed E-state index contributed by atoms with van der Waals surface area (Å²) >= 11 is 0. The highest BCUT2D eigenvalue weighted by Crippen LogP contribution is 2.30. The summed E-state index contributed by atoms with van der Waals surface area (Å²) in [5.74, 6) is 0. The van der Waals surface area contributed by atoms with Gasteiger partial charge in [0.1, 0.15) is 14.2 Å². The van der Waals surface area contributed by atoms with E-state index in [1.807, 2.05) is 0 Å². The average Bonchev–Trinajstić information content (AvgIpc) is 2.47. The molecule has 0 aromatic heterocycles. The molecule has 0 amide bonds. The Morgan fingerprint density at radius 2 is 1.86 bits per heavy atom. The highest BCUT2D eigenvalue weighted by molar-refractivity contribution is 6.60. The first-order valence-corrected chi connectivity index (χ1v) is 13.7. The predicted molar refractivity (Wildman–Crippen MR) is 95.2 cm³/mol. The maximum atomic E-state index is 6.56. The fraction of sp³-hybridized carbons (Fsp3) is 0.647. The molecule has 2 nitrogen and oxygen atoms in total. The van der Waals surface area contributed by atoms with Crippen molar-refractivity contribution in [1.82, 2.24) is 0 Å². The van der Waals surface area contributed by atoms with Gasteiger partial charge in [-0.2, -0.15) is 0 Å². The highest BCUT2D eigenvalue weighted by atomic mass is 28.3. The summed E-state index contributed by atoms with van der Waals surface area (Å²) in [5, 5.41) is 0. The van der Waals surface area contributed by atoms with E-state index in [0.29, 0.717) is 0 Å². The van der Waals surface area contributed by atoms with Crippen LogP contribution in [0, 0.1) is 6.92 Å². The number of hydrogen-bond donors (Lipinski definition) is 0. The smallest absolute Gasteiger partial charge is 0.177 e. The molecule has 1 aliphatic heterocycles. The molecule has 118 valence electrons. The minimum atomic E-state index is -1.17. The monoisotopic (exact) mass is 322 g/mol. The Hall–Kier alpha value is -0.426. The van der Waals surface area contributed by atoms with E-state index in [1.165, 1.54) is 30.0 Å². The Morgan fingerprint density at radius 3 is 2.43 bits per heavy atom. The first-order valence-electron chi connectivity index (χ1n) is 8.39. The van der Waals surface area contributed by atoms with Gasteiger partial charge < -0.3 is 9.16 Å². The van der Waals surface area contributed by atoms with E-state index < -0.39 is 17.8 Å². The van der Waals surface area contributed by atoms with E-state index in [2.05, 4.69) is 50.8 Å². The lowest BCUT2D eigenvalue weighted by atomic mass is 10.1. The van der Waals surface area contributed by atoms with Gasteiger partial charge in [0.25, 0.3) is 0 Å². The minimum absolute atomic E-state index is 0.156. The second kappa shape index (κ2) is 7.72. The van der Waals surface area contributed by atoms with Crippen molar-refractivity contribution in [2.75, 3.05) is 6.61 Å². The number of benzene rings is 1. The molecule has 21 heavy (non-hydrogen) atoms. The molecule has 0 saturated carbocycles. The van der Waals surface area contributed by atoms with Gasteiger partial charge in [-0.1, -0.05) is 42.9 Å². The quantitative estimate of drug-likeness (QED) is 0.741. The summed E-state index contributed by atoms with van der Waals surface area (Å²) in [6.45, 7) is 10.1. The molecular weight excluding hydrogens is 292 g/mol. The number of ether oxygens (including phenoxy) is 1. The Labute approximate surface area is 133 Å². The second-order valence-corrected chi connectivity index (χ2v) is 12.3. The van der Waals surface area contributed by atoms with Crippen molar-refractivity contribution in [2.24, 2.45) is 0 Å². The Balaban J connectivity index is 1.87. The van der Waals surface area contributed by atoms with Crippen molar-refractivity contribution in [3.63, 3.8) is 0 Å². The van der Waals surface area contributed by atoms with Gasteiger partial charge in [0.15, 0.2) is 9.04 Å². The van der Waals surface area contributed by atoms with E-state index in [-0.39, 0.29) is 5.41 Å². The van der Waals surface area contributed by atoms with Gasteiger partial charge >= 0.3 is 0 Å². The number of rotatable bonds is 6. The minimum Gasteiger partial charge on any atom is -0.397 e. The van der Waals surface area contributed by atoms with Gasteiger partial charge in [0.2, 0.25) is 0 Å². The molecule has 2 rings (SSSR count). The molecule has 1 aromatic rings. The van der Waals surface area contributed by atoms with Gasteiger partial charge in [-0.15, -0.1) is 0 Å². The first-order chi connectivity index (χ1) is 10.0. The predicted octanol–water partition coefficient (Wildman–Crippen LogP) is 3.83. The topological polar surface area (TPSA) is 18.5 Å². The molecule has 1 aromatic carbocycles. The summed E-state index contributed by atoms with van der Waals surface area (Å²) in [5.41, 5.74) is 2.61. The zero-order chi connectivity index (χ0) is 15.3. The number of aryl methyl sites for hydroxylation is 2. The zero-order valence-corrected chi connectivity index (χ0v) is 16.3. The fourth-order valence-corrected chi connectivity index (χ4v) is 7.74. The molecule has 1 saturated heterocycles. The molecule has 0 N–H and O–H groups in total. The van der Waals surface area contributed by atoms with E-state index in [1.54, 1.807) is 0 Å². The Kier molecular flexibility index (Phi) is 6.23. The highest BCUT2D eigenvalue weighted by Gasteiger charge is 2.39. The lowest BCUT2D eigenvalue weighted by Gasteiger charge is -2.42.